The molecule has 0 fully saturated rings. The van der Waals surface area contributed by atoms with Gasteiger partial charge in [0.15, 0.2) is 11.5 Å². The molecule has 0 aliphatic heterocycles. The van der Waals surface area contributed by atoms with Crippen molar-refractivity contribution >= 4 is 11.8 Å². The van der Waals surface area contributed by atoms with Crippen molar-refractivity contribution in [1.82, 2.24) is 4.84 Å². The monoisotopic (exact) mass is 371 g/mol. The Morgan fingerprint density at radius 1 is 0.800 bits per heavy atom. The van der Waals surface area contributed by atoms with Gasteiger partial charge < -0.3 is 14.2 Å². The minimum atomic E-state index is 0.669. The molecule has 0 aromatic heterocycles. The lowest BCUT2D eigenvalue weighted by atomic mass is 10.1. The molecule has 0 aliphatic rings. The van der Waals surface area contributed by atoms with Crippen molar-refractivity contribution in [3.05, 3.63) is 17.7 Å². The summed E-state index contributed by atoms with van der Waals surface area (Å²) in [5.74, 6) is 2.33. The summed E-state index contributed by atoms with van der Waals surface area (Å²) in [5, 5.41) is 0. The van der Waals surface area contributed by atoms with Gasteiger partial charge in [-0.3, -0.25) is 0 Å². The number of ether oxygens (including phenoxy) is 3. The lowest BCUT2D eigenvalue weighted by molar-refractivity contribution is 0.235. The van der Waals surface area contributed by atoms with E-state index in [1.54, 1.807) is 0 Å². The van der Waals surface area contributed by atoms with E-state index in [9.17, 15) is 0 Å². The molecule has 1 aromatic rings. The zero-order chi connectivity index (χ0) is 18.3. The van der Waals surface area contributed by atoms with Crippen LogP contribution >= 0.6 is 11.8 Å². The van der Waals surface area contributed by atoms with Gasteiger partial charge in [0.1, 0.15) is 0 Å². The predicted molar refractivity (Wildman–Crippen MR) is 105 cm³/mol. The Morgan fingerprint density at radius 2 is 1.36 bits per heavy atom. The van der Waals surface area contributed by atoms with E-state index in [1.165, 1.54) is 0 Å². The van der Waals surface area contributed by atoms with Crippen LogP contribution in [0.1, 0.15) is 64.9 Å². The number of hydrogen-bond acceptors (Lipinski definition) is 4. The summed E-state index contributed by atoms with van der Waals surface area (Å²) in [5.41, 5.74) is 1.10. The third kappa shape index (κ3) is 8.19. The fraction of sp³-hybridized carbons (Fsp3) is 0.700. The van der Waals surface area contributed by atoms with E-state index >= 15 is 0 Å². The molecule has 0 saturated carbocycles. The number of rotatable bonds is 15. The Kier molecular flexibility index (Phi) is 12.3. The average Bonchev–Trinajstić information content (AvgIpc) is 2.62. The number of hydrogen-bond donors (Lipinski definition) is 1. The zero-order valence-corrected chi connectivity index (χ0v) is 16.8. The lowest BCUT2D eigenvalue weighted by Crippen LogP contribution is -2.10. The lowest BCUT2D eigenvalue weighted by Gasteiger charge is -2.20. The second kappa shape index (κ2) is 14.1. The van der Waals surface area contributed by atoms with Gasteiger partial charge in [0, 0.05) is 6.54 Å². The number of benzene rings is 1. The molecule has 0 radical (unpaired) electrons. The Hall–Kier alpha value is -1.13. The summed E-state index contributed by atoms with van der Waals surface area (Å²) in [7, 11) is 0. The highest BCUT2D eigenvalue weighted by Crippen LogP contribution is 2.41. The van der Waals surface area contributed by atoms with Crippen LogP contribution in [0, 0.1) is 0 Å². The van der Waals surface area contributed by atoms with Crippen LogP contribution in [0.15, 0.2) is 12.1 Å². The molecule has 1 rings (SSSR count). The molecule has 0 heterocycles. The molecule has 0 aliphatic carbocycles. The Labute approximate surface area is 158 Å². The maximum absolute atomic E-state index is 6.11. The Morgan fingerprint density at radius 3 is 1.92 bits per heavy atom. The first kappa shape index (κ1) is 21.9. The minimum Gasteiger partial charge on any atom is -0.490 e. The summed E-state index contributed by atoms with van der Waals surface area (Å²) < 4.78 is 18.2. The van der Waals surface area contributed by atoms with Crippen molar-refractivity contribution < 1.29 is 14.2 Å². The maximum Gasteiger partial charge on any atom is 0.203 e. The van der Waals surface area contributed by atoms with Crippen LogP contribution in [0.25, 0.3) is 0 Å². The molecule has 0 unspecified atom stereocenters. The van der Waals surface area contributed by atoms with Crippen molar-refractivity contribution in [2.75, 3.05) is 26.4 Å². The number of nitrogens with one attached hydrogen (secondary N) is 1. The van der Waals surface area contributed by atoms with Gasteiger partial charge in [0.2, 0.25) is 5.75 Å². The molecular formula is C20H34ClNO3. The van der Waals surface area contributed by atoms with Crippen LogP contribution in [-0.4, -0.2) is 26.4 Å². The van der Waals surface area contributed by atoms with Gasteiger partial charge in [0.05, 0.1) is 19.8 Å². The molecule has 144 valence electrons. The van der Waals surface area contributed by atoms with Gasteiger partial charge in [-0.1, -0.05) is 46.1 Å². The van der Waals surface area contributed by atoms with Crippen molar-refractivity contribution in [1.29, 1.82) is 0 Å². The highest BCUT2D eigenvalue weighted by atomic mass is 35.5. The highest BCUT2D eigenvalue weighted by Gasteiger charge is 2.18. The van der Waals surface area contributed by atoms with Crippen molar-refractivity contribution in [3.63, 3.8) is 0 Å². The molecule has 0 bridgehead atoms. The third-order valence-corrected chi connectivity index (χ3v) is 4.08. The molecule has 25 heavy (non-hydrogen) atoms. The Bertz CT molecular complexity index is 468. The summed E-state index contributed by atoms with van der Waals surface area (Å²) in [4.78, 5) is 2.68. The normalized spacial score (nSPS) is 10.7. The predicted octanol–water partition coefficient (Wildman–Crippen LogP) is 5.51. The molecule has 0 atom stereocenters. The fourth-order valence-corrected chi connectivity index (χ4v) is 2.43. The molecule has 0 amide bonds. The third-order valence-electron chi connectivity index (χ3n) is 3.89. The standard InChI is InChI=1S/C20H34ClNO3/c1-4-7-14-23-18-11-10-17(12-13-22-21)19(24-15-8-5-2)20(18)25-16-9-6-3/h10-11,22H,4-9,12-16H2,1-3H3. The molecule has 4 nitrogen and oxygen atoms in total. The van der Waals surface area contributed by atoms with Gasteiger partial charge in [-0.05, 0) is 49.1 Å². The first-order chi connectivity index (χ1) is 12.3. The Balaban J connectivity index is 3.05. The van der Waals surface area contributed by atoms with Crippen LogP contribution < -0.4 is 19.0 Å². The van der Waals surface area contributed by atoms with Crippen LogP contribution in [-0.2, 0) is 6.42 Å². The summed E-state index contributed by atoms with van der Waals surface area (Å²) in [6.45, 7) is 9.19. The van der Waals surface area contributed by atoms with Crippen molar-refractivity contribution in [2.24, 2.45) is 0 Å². The molecule has 5 heteroatoms. The van der Waals surface area contributed by atoms with Crippen molar-refractivity contribution in [3.8, 4) is 17.2 Å². The second-order valence-corrected chi connectivity index (χ2v) is 6.39. The smallest absolute Gasteiger partial charge is 0.203 e. The zero-order valence-electron chi connectivity index (χ0n) is 16.0. The van der Waals surface area contributed by atoms with E-state index in [0.29, 0.717) is 26.4 Å². The first-order valence-electron chi connectivity index (χ1n) is 9.66. The SMILES string of the molecule is CCCCOc1ccc(CCNCl)c(OCCCC)c1OCCCC. The number of unbranched alkanes of at least 4 members (excludes halogenated alkanes) is 3. The van der Waals surface area contributed by atoms with Gasteiger partial charge >= 0.3 is 0 Å². The quantitative estimate of drug-likeness (QED) is 0.326. The number of halogens is 1. The summed E-state index contributed by atoms with van der Waals surface area (Å²) in [6.07, 6.45) is 7.12. The van der Waals surface area contributed by atoms with Crippen LogP contribution in [0.2, 0.25) is 0 Å². The maximum atomic E-state index is 6.11. The highest BCUT2D eigenvalue weighted by molar-refractivity contribution is 6.13. The minimum absolute atomic E-state index is 0.669. The van der Waals surface area contributed by atoms with E-state index < -0.39 is 0 Å². The van der Waals surface area contributed by atoms with Gasteiger partial charge in [-0.15, -0.1) is 0 Å². The molecule has 0 saturated heterocycles. The first-order valence-corrected chi connectivity index (χ1v) is 10.0. The van der Waals surface area contributed by atoms with E-state index in [1.807, 2.05) is 6.07 Å². The van der Waals surface area contributed by atoms with E-state index in [0.717, 1.165) is 67.8 Å². The van der Waals surface area contributed by atoms with E-state index in [-0.39, 0.29) is 0 Å². The van der Waals surface area contributed by atoms with Crippen molar-refractivity contribution in [2.45, 2.75) is 65.7 Å². The summed E-state index contributed by atoms with van der Waals surface area (Å²) >= 11 is 5.64. The van der Waals surface area contributed by atoms with Gasteiger partial charge in [-0.25, -0.2) is 4.84 Å². The molecule has 1 aromatic carbocycles. The molecule has 1 N–H and O–H groups in total. The molecule has 0 spiro atoms. The van der Waals surface area contributed by atoms with Gasteiger partial charge in [0.25, 0.3) is 0 Å². The van der Waals surface area contributed by atoms with E-state index in [2.05, 4.69) is 31.7 Å². The van der Waals surface area contributed by atoms with Crippen LogP contribution in [0.5, 0.6) is 17.2 Å². The average molecular weight is 372 g/mol. The second-order valence-electron chi connectivity index (χ2n) is 6.12. The van der Waals surface area contributed by atoms with Gasteiger partial charge in [-0.2, -0.15) is 0 Å². The fourth-order valence-electron chi connectivity index (χ4n) is 2.34. The largest absolute Gasteiger partial charge is 0.490 e. The molecular weight excluding hydrogens is 338 g/mol. The van der Waals surface area contributed by atoms with E-state index in [4.69, 9.17) is 26.0 Å². The van der Waals surface area contributed by atoms with Crippen LogP contribution in [0.4, 0.5) is 0 Å². The topological polar surface area (TPSA) is 39.7 Å². The van der Waals surface area contributed by atoms with Crippen LogP contribution in [0.3, 0.4) is 0 Å². The summed E-state index contributed by atoms with van der Waals surface area (Å²) in [6, 6.07) is 4.05.